The van der Waals surface area contributed by atoms with Crippen molar-refractivity contribution in [3.05, 3.63) is 0 Å². The van der Waals surface area contributed by atoms with Crippen LogP contribution in [-0.4, -0.2) is 125 Å². The average Bonchev–Trinajstić information content (AvgIpc) is 2.95. The van der Waals surface area contributed by atoms with Crippen molar-refractivity contribution in [3.8, 4) is 12.3 Å². The third-order valence-electron chi connectivity index (χ3n) is 5.25. The van der Waals surface area contributed by atoms with E-state index in [0.717, 1.165) is 19.3 Å². The van der Waals surface area contributed by atoms with Gasteiger partial charge < -0.3 is 38.5 Å². The Kier molecular flexibility index (Phi) is 27.3. The second-order valence-corrected chi connectivity index (χ2v) is 8.63. The van der Waals surface area contributed by atoms with E-state index in [1.807, 2.05) is 0 Å². The molecule has 0 aromatic rings. The van der Waals surface area contributed by atoms with E-state index in [2.05, 4.69) is 27.2 Å². The van der Waals surface area contributed by atoms with Crippen molar-refractivity contribution in [3.63, 3.8) is 0 Å². The zero-order valence-electron chi connectivity index (χ0n) is 24.7. The van der Waals surface area contributed by atoms with Crippen LogP contribution >= 0.6 is 0 Å². The summed E-state index contributed by atoms with van der Waals surface area (Å²) < 4.78 is 36.8. The Morgan fingerprint density at radius 2 is 1.10 bits per heavy atom. The van der Waals surface area contributed by atoms with Crippen molar-refractivity contribution in [2.45, 2.75) is 44.4 Å². The predicted molar refractivity (Wildman–Crippen MR) is 150 cm³/mol. The summed E-state index contributed by atoms with van der Waals surface area (Å²) in [5.41, 5.74) is 0. The summed E-state index contributed by atoms with van der Waals surface area (Å²) in [6.07, 6.45) is 8.21. The molecule has 0 aliphatic heterocycles. The Morgan fingerprint density at radius 1 is 0.650 bits per heavy atom. The highest BCUT2D eigenvalue weighted by molar-refractivity contribution is 5.76. The highest BCUT2D eigenvalue weighted by atomic mass is 16.6. The number of esters is 1. The first-order valence-corrected chi connectivity index (χ1v) is 13.9. The third-order valence-corrected chi connectivity index (χ3v) is 5.25. The molecule has 0 aromatic heterocycles. The van der Waals surface area contributed by atoms with E-state index in [9.17, 15) is 9.59 Å². The van der Waals surface area contributed by atoms with Gasteiger partial charge in [0.25, 0.3) is 0 Å². The summed E-state index contributed by atoms with van der Waals surface area (Å²) in [5.74, 6) is 0.895. The summed E-state index contributed by atoms with van der Waals surface area (Å²) in [7, 11) is 4.98. The van der Waals surface area contributed by atoms with E-state index >= 15 is 0 Å². The monoisotopic (exact) mass is 576 g/mol. The standard InChI is InChI=1S/C27H52N4O9/c1-5-6-10-26(33)40-24-23-39-22-21-38-20-19-37-18-11-25(32)31-27(28-12-7-15-34-2,29-13-8-16-35-3)30-14-9-17-36-4/h1,28-30H,6-24H2,2-4H3,(H,31,32). The zero-order valence-corrected chi connectivity index (χ0v) is 24.7. The molecule has 4 N–H and O–H groups in total. The summed E-state index contributed by atoms with van der Waals surface area (Å²) in [4.78, 5) is 24.1. The lowest BCUT2D eigenvalue weighted by Gasteiger charge is -2.38. The van der Waals surface area contributed by atoms with Crippen molar-refractivity contribution in [2.75, 3.05) is 107 Å². The summed E-state index contributed by atoms with van der Waals surface area (Å²) in [5, 5.41) is 13.2. The first-order valence-electron chi connectivity index (χ1n) is 13.9. The molecule has 0 radical (unpaired) electrons. The third kappa shape index (κ3) is 24.0. The van der Waals surface area contributed by atoms with E-state index < -0.39 is 5.91 Å². The molecule has 40 heavy (non-hydrogen) atoms. The van der Waals surface area contributed by atoms with Crippen molar-refractivity contribution in [2.24, 2.45) is 0 Å². The van der Waals surface area contributed by atoms with Crippen LogP contribution in [0, 0.1) is 12.3 Å². The molecule has 0 saturated heterocycles. The van der Waals surface area contributed by atoms with Crippen LogP contribution in [-0.2, 0) is 42.7 Å². The first kappa shape index (κ1) is 38.1. The molecular formula is C27H52N4O9. The molecule has 0 saturated carbocycles. The van der Waals surface area contributed by atoms with Gasteiger partial charge in [0.05, 0.1) is 52.5 Å². The molecule has 13 heteroatoms. The Hall–Kier alpha value is -1.86. The number of hydrogen-bond donors (Lipinski definition) is 4. The topological polar surface area (TPSA) is 147 Å². The number of methoxy groups -OCH3 is 3. The van der Waals surface area contributed by atoms with Crippen LogP contribution < -0.4 is 21.3 Å². The molecule has 0 spiro atoms. The van der Waals surface area contributed by atoms with Crippen LogP contribution in [0.1, 0.15) is 38.5 Å². The van der Waals surface area contributed by atoms with Gasteiger partial charge in [0, 0.05) is 67.2 Å². The number of ether oxygens (including phenoxy) is 7. The lowest BCUT2D eigenvalue weighted by atomic mass is 10.3. The number of carbonyl (C=O) groups excluding carboxylic acids is 2. The highest BCUT2D eigenvalue weighted by Crippen LogP contribution is 1.98. The van der Waals surface area contributed by atoms with Gasteiger partial charge in [-0.25, -0.2) is 0 Å². The number of nitrogens with one attached hydrogen (secondary N) is 4. The van der Waals surface area contributed by atoms with Gasteiger partial charge in [0.1, 0.15) is 6.61 Å². The SMILES string of the molecule is C#CCCC(=O)OCCOCCOCCOCCC(=O)NC(NCCCOC)(NCCCOC)NCCCOC. The van der Waals surface area contributed by atoms with Gasteiger partial charge in [-0.2, -0.15) is 0 Å². The fourth-order valence-electron chi connectivity index (χ4n) is 3.24. The Balaban J connectivity index is 4.30. The summed E-state index contributed by atoms with van der Waals surface area (Å²) in [6, 6.07) is 0. The number of amides is 1. The molecule has 0 unspecified atom stereocenters. The largest absolute Gasteiger partial charge is 0.463 e. The van der Waals surface area contributed by atoms with Gasteiger partial charge in [0.2, 0.25) is 11.8 Å². The zero-order chi connectivity index (χ0) is 29.6. The summed E-state index contributed by atoms with van der Waals surface area (Å²) in [6.45, 7) is 5.91. The number of terminal acetylenes is 1. The maximum Gasteiger partial charge on any atom is 0.306 e. The van der Waals surface area contributed by atoms with Crippen molar-refractivity contribution in [1.82, 2.24) is 21.3 Å². The highest BCUT2D eigenvalue weighted by Gasteiger charge is 2.29. The Labute approximate surface area is 240 Å². The molecule has 0 aliphatic carbocycles. The van der Waals surface area contributed by atoms with Crippen molar-refractivity contribution >= 4 is 11.9 Å². The van der Waals surface area contributed by atoms with Crippen LogP contribution in [0.3, 0.4) is 0 Å². The van der Waals surface area contributed by atoms with Crippen LogP contribution in [0.5, 0.6) is 0 Å². The number of carbonyl (C=O) groups is 2. The van der Waals surface area contributed by atoms with E-state index in [-0.39, 0.29) is 37.9 Å². The second kappa shape index (κ2) is 28.7. The molecule has 0 aromatic carbocycles. The van der Waals surface area contributed by atoms with Gasteiger partial charge >= 0.3 is 5.97 Å². The lowest BCUT2D eigenvalue weighted by molar-refractivity contribution is -0.145. The van der Waals surface area contributed by atoms with Crippen LogP contribution in [0.25, 0.3) is 0 Å². The van der Waals surface area contributed by atoms with Gasteiger partial charge in [-0.05, 0) is 19.3 Å². The number of hydrogen-bond acceptors (Lipinski definition) is 12. The predicted octanol–water partition coefficient (Wildman–Crippen LogP) is -0.0113. The number of rotatable bonds is 30. The fourth-order valence-corrected chi connectivity index (χ4v) is 3.24. The van der Waals surface area contributed by atoms with Gasteiger partial charge in [0.15, 0.2) is 0 Å². The minimum atomic E-state index is -0.991. The fraction of sp³-hybridized carbons (Fsp3) is 0.852. The maximum absolute atomic E-state index is 12.8. The molecular weight excluding hydrogens is 524 g/mol. The van der Waals surface area contributed by atoms with Crippen LogP contribution in [0.15, 0.2) is 0 Å². The van der Waals surface area contributed by atoms with Gasteiger partial charge in [-0.15, -0.1) is 12.3 Å². The lowest BCUT2D eigenvalue weighted by Crippen LogP contribution is -2.76. The van der Waals surface area contributed by atoms with Crippen molar-refractivity contribution < 1.29 is 42.7 Å². The average molecular weight is 577 g/mol. The van der Waals surface area contributed by atoms with E-state index in [0.29, 0.717) is 78.9 Å². The smallest absolute Gasteiger partial charge is 0.306 e. The quantitative estimate of drug-likeness (QED) is 0.0395. The summed E-state index contributed by atoms with van der Waals surface area (Å²) >= 11 is 0. The van der Waals surface area contributed by atoms with Crippen LogP contribution in [0.2, 0.25) is 0 Å². The molecule has 0 atom stereocenters. The van der Waals surface area contributed by atoms with E-state index in [4.69, 9.17) is 39.6 Å². The van der Waals surface area contributed by atoms with E-state index in [1.54, 1.807) is 21.3 Å². The molecule has 0 bridgehead atoms. The normalized spacial score (nSPS) is 11.3. The van der Waals surface area contributed by atoms with Crippen molar-refractivity contribution in [1.29, 1.82) is 0 Å². The molecule has 234 valence electrons. The molecule has 1 amide bonds. The maximum atomic E-state index is 12.8. The van der Waals surface area contributed by atoms with Gasteiger partial charge in [-0.1, -0.05) is 0 Å². The minimum absolute atomic E-state index is 0.174. The second-order valence-electron chi connectivity index (χ2n) is 8.63. The Morgan fingerprint density at radius 3 is 1.55 bits per heavy atom. The van der Waals surface area contributed by atoms with Crippen LogP contribution in [0.4, 0.5) is 0 Å². The first-order chi connectivity index (χ1) is 19.5. The molecule has 0 fully saturated rings. The molecule has 0 aliphatic rings. The van der Waals surface area contributed by atoms with Gasteiger partial charge in [-0.3, -0.25) is 25.5 Å². The van der Waals surface area contributed by atoms with E-state index in [1.165, 1.54) is 0 Å². The minimum Gasteiger partial charge on any atom is -0.463 e. The molecule has 0 heterocycles. The Bertz CT molecular complexity index is 619. The molecule has 13 nitrogen and oxygen atoms in total. The molecule has 0 rings (SSSR count).